The molecule has 0 saturated carbocycles. The largest absolute Gasteiger partial charge is 0.444 e. The number of hydrogen-bond acceptors (Lipinski definition) is 3. The molecule has 0 unspecified atom stereocenters. The van der Waals surface area contributed by atoms with Gasteiger partial charge in [0.2, 0.25) is 0 Å². The van der Waals surface area contributed by atoms with Crippen LogP contribution in [-0.2, 0) is 4.74 Å². The lowest BCUT2D eigenvalue weighted by Gasteiger charge is -2.19. The Kier molecular flexibility index (Phi) is 3.78. The molecule has 3 nitrogen and oxygen atoms in total. The number of amides is 1. The predicted octanol–water partition coefficient (Wildman–Crippen LogP) is 4.17. The van der Waals surface area contributed by atoms with Gasteiger partial charge in [-0.25, -0.2) is 4.79 Å². The average Bonchev–Trinajstić information content (AvgIpc) is 2.25. The van der Waals surface area contributed by atoms with Gasteiger partial charge in [0.1, 0.15) is 10.6 Å². The highest BCUT2D eigenvalue weighted by Gasteiger charge is 2.17. The third kappa shape index (κ3) is 4.22. The van der Waals surface area contributed by atoms with Crippen LogP contribution in [0.15, 0.2) is 10.5 Å². The molecule has 0 aliphatic heterocycles. The lowest BCUT2D eigenvalue weighted by atomic mass is 10.2. The van der Waals surface area contributed by atoms with Crippen molar-refractivity contribution in [2.45, 2.75) is 33.3 Å². The first kappa shape index (κ1) is 12.5. The van der Waals surface area contributed by atoms with E-state index in [1.54, 1.807) is 0 Å². The summed E-state index contributed by atoms with van der Waals surface area (Å²) >= 11 is 4.88. The highest BCUT2D eigenvalue weighted by Crippen LogP contribution is 2.32. The van der Waals surface area contributed by atoms with Crippen molar-refractivity contribution < 1.29 is 9.53 Å². The minimum atomic E-state index is -0.469. The van der Waals surface area contributed by atoms with Gasteiger partial charge in [-0.2, -0.15) is 0 Å². The van der Waals surface area contributed by atoms with Crippen molar-refractivity contribution in [3.05, 3.63) is 15.4 Å². The molecule has 0 spiro atoms. The van der Waals surface area contributed by atoms with Gasteiger partial charge in [-0.15, -0.1) is 11.3 Å². The summed E-state index contributed by atoms with van der Waals surface area (Å²) in [6.45, 7) is 7.49. The molecule has 1 rings (SSSR count). The third-order valence-corrected chi connectivity index (χ3v) is 3.28. The van der Waals surface area contributed by atoms with Gasteiger partial charge in [-0.3, -0.25) is 5.32 Å². The van der Waals surface area contributed by atoms with Crippen molar-refractivity contribution in [2.75, 3.05) is 5.32 Å². The molecule has 0 aliphatic carbocycles. The molecular formula is C10H14BrNO2S. The molecule has 1 aromatic heterocycles. The second-order valence-corrected chi connectivity index (χ2v) is 6.27. The minimum absolute atomic E-state index is 0.426. The van der Waals surface area contributed by atoms with Gasteiger partial charge < -0.3 is 4.74 Å². The van der Waals surface area contributed by atoms with Crippen LogP contribution in [0.1, 0.15) is 25.6 Å². The fourth-order valence-electron chi connectivity index (χ4n) is 0.965. The van der Waals surface area contributed by atoms with Gasteiger partial charge >= 0.3 is 6.09 Å². The number of nitrogens with one attached hydrogen (secondary N) is 1. The third-order valence-electron chi connectivity index (χ3n) is 1.42. The van der Waals surface area contributed by atoms with Gasteiger partial charge in [-0.05, 0) is 49.7 Å². The molecule has 84 valence electrons. The van der Waals surface area contributed by atoms with Crippen molar-refractivity contribution in [2.24, 2.45) is 0 Å². The smallest absolute Gasteiger partial charge is 0.412 e. The number of aryl methyl sites for hydroxylation is 1. The molecule has 1 N–H and O–H groups in total. The number of halogens is 1. The Bertz CT molecular complexity index is 368. The fraction of sp³-hybridized carbons (Fsp3) is 0.500. The standard InChI is InChI=1S/C10H14BrNO2S/c1-6-5-7(11)8(15-6)12-9(13)14-10(2,3)4/h5H,1-4H3,(H,12,13). The predicted molar refractivity (Wildman–Crippen MR) is 66.6 cm³/mol. The maximum atomic E-state index is 11.4. The SMILES string of the molecule is Cc1cc(Br)c(NC(=O)OC(C)(C)C)s1. The fourth-order valence-corrected chi connectivity index (χ4v) is 2.59. The van der Waals surface area contributed by atoms with Gasteiger partial charge in [0.15, 0.2) is 0 Å². The van der Waals surface area contributed by atoms with E-state index in [1.165, 1.54) is 11.3 Å². The summed E-state index contributed by atoms with van der Waals surface area (Å²) in [5.41, 5.74) is -0.469. The first-order chi connectivity index (χ1) is 6.78. The topological polar surface area (TPSA) is 38.3 Å². The van der Waals surface area contributed by atoms with E-state index < -0.39 is 11.7 Å². The van der Waals surface area contributed by atoms with Crippen molar-refractivity contribution in [3.8, 4) is 0 Å². The first-order valence-corrected chi connectivity index (χ1v) is 6.15. The van der Waals surface area contributed by atoms with Crippen LogP contribution in [0.3, 0.4) is 0 Å². The maximum Gasteiger partial charge on any atom is 0.412 e. The molecule has 0 saturated heterocycles. The van der Waals surface area contributed by atoms with E-state index in [9.17, 15) is 4.79 Å². The van der Waals surface area contributed by atoms with Crippen LogP contribution in [-0.4, -0.2) is 11.7 Å². The number of hydrogen-bond donors (Lipinski definition) is 1. The number of ether oxygens (including phenoxy) is 1. The van der Waals surface area contributed by atoms with Gasteiger partial charge in [-0.1, -0.05) is 0 Å². The van der Waals surface area contributed by atoms with Gasteiger partial charge in [0.05, 0.1) is 4.47 Å². The molecule has 1 aromatic rings. The molecule has 1 amide bonds. The second kappa shape index (κ2) is 4.53. The van der Waals surface area contributed by atoms with E-state index in [2.05, 4.69) is 21.2 Å². The summed E-state index contributed by atoms with van der Waals surface area (Å²) in [6.07, 6.45) is -0.426. The van der Waals surface area contributed by atoms with Crippen LogP contribution in [0.2, 0.25) is 0 Å². The van der Waals surface area contributed by atoms with Crippen molar-refractivity contribution in [1.82, 2.24) is 0 Å². The van der Waals surface area contributed by atoms with Crippen molar-refractivity contribution >= 4 is 38.4 Å². The van der Waals surface area contributed by atoms with Gasteiger partial charge in [0.25, 0.3) is 0 Å². The summed E-state index contributed by atoms with van der Waals surface area (Å²) in [4.78, 5) is 12.6. The minimum Gasteiger partial charge on any atom is -0.444 e. The van der Waals surface area contributed by atoms with Crippen LogP contribution < -0.4 is 5.32 Å². The molecule has 0 aromatic carbocycles. The molecule has 15 heavy (non-hydrogen) atoms. The van der Waals surface area contributed by atoms with E-state index in [-0.39, 0.29) is 0 Å². The van der Waals surface area contributed by atoms with E-state index in [1.807, 2.05) is 33.8 Å². The molecular weight excluding hydrogens is 278 g/mol. The Morgan fingerprint density at radius 2 is 2.13 bits per heavy atom. The Labute approximate surface area is 102 Å². The number of rotatable bonds is 1. The molecule has 0 bridgehead atoms. The quantitative estimate of drug-likeness (QED) is 0.843. The van der Waals surface area contributed by atoms with Crippen molar-refractivity contribution in [1.29, 1.82) is 0 Å². The van der Waals surface area contributed by atoms with E-state index in [0.29, 0.717) is 0 Å². The van der Waals surface area contributed by atoms with E-state index in [4.69, 9.17) is 4.74 Å². The monoisotopic (exact) mass is 291 g/mol. The number of carbonyl (C=O) groups excluding carboxylic acids is 1. The van der Waals surface area contributed by atoms with E-state index >= 15 is 0 Å². The Hall–Kier alpha value is -0.550. The Morgan fingerprint density at radius 3 is 2.53 bits per heavy atom. The lowest BCUT2D eigenvalue weighted by Crippen LogP contribution is -2.27. The number of carbonyl (C=O) groups is 1. The molecule has 0 aliphatic rings. The summed E-state index contributed by atoms with van der Waals surface area (Å²) in [5.74, 6) is 0. The zero-order valence-corrected chi connectivity index (χ0v) is 11.6. The van der Waals surface area contributed by atoms with Gasteiger partial charge in [0, 0.05) is 4.88 Å². The number of anilines is 1. The molecule has 0 fully saturated rings. The normalized spacial score (nSPS) is 11.3. The Balaban J connectivity index is 2.63. The number of thiophene rings is 1. The zero-order chi connectivity index (χ0) is 11.6. The van der Waals surface area contributed by atoms with Crippen molar-refractivity contribution in [3.63, 3.8) is 0 Å². The van der Waals surface area contributed by atoms with Crippen LogP contribution in [0.25, 0.3) is 0 Å². The van der Waals surface area contributed by atoms with Crippen LogP contribution >= 0.6 is 27.3 Å². The second-order valence-electron chi connectivity index (χ2n) is 4.16. The molecule has 1 heterocycles. The molecule has 0 atom stereocenters. The zero-order valence-electron chi connectivity index (χ0n) is 9.18. The Morgan fingerprint density at radius 1 is 1.53 bits per heavy atom. The molecule has 0 radical (unpaired) electrons. The summed E-state index contributed by atoms with van der Waals surface area (Å²) in [6, 6.07) is 1.96. The highest BCUT2D eigenvalue weighted by molar-refractivity contribution is 9.10. The average molecular weight is 292 g/mol. The maximum absolute atomic E-state index is 11.4. The van der Waals surface area contributed by atoms with Crippen LogP contribution in [0.4, 0.5) is 9.80 Å². The highest BCUT2D eigenvalue weighted by atomic mass is 79.9. The summed E-state index contributed by atoms with van der Waals surface area (Å²) in [7, 11) is 0. The van der Waals surface area contributed by atoms with E-state index in [0.717, 1.165) is 14.4 Å². The molecule has 5 heteroatoms. The van der Waals surface area contributed by atoms with Crippen LogP contribution in [0, 0.1) is 6.92 Å². The van der Waals surface area contributed by atoms with Crippen LogP contribution in [0.5, 0.6) is 0 Å². The lowest BCUT2D eigenvalue weighted by molar-refractivity contribution is 0.0636. The summed E-state index contributed by atoms with van der Waals surface area (Å²) < 4.78 is 6.03. The summed E-state index contributed by atoms with van der Waals surface area (Å²) in [5, 5.41) is 3.48. The first-order valence-electron chi connectivity index (χ1n) is 4.54.